The van der Waals surface area contributed by atoms with Crippen molar-refractivity contribution in [3.8, 4) is 0 Å². The number of H-pyrrole nitrogens is 1. The molecule has 1 N–H and O–H groups in total. The highest BCUT2D eigenvalue weighted by atomic mass is 16.5. The fraction of sp³-hybridized carbons (Fsp3) is 0.625. The molecule has 0 atom stereocenters. The normalized spacial score (nSPS) is 17.2. The van der Waals surface area contributed by atoms with Gasteiger partial charge in [-0.15, -0.1) is 0 Å². The van der Waals surface area contributed by atoms with E-state index in [4.69, 9.17) is 0 Å². The summed E-state index contributed by atoms with van der Waals surface area (Å²) in [4.78, 5) is 11.0. The summed E-state index contributed by atoms with van der Waals surface area (Å²) in [6, 6.07) is 0. The van der Waals surface area contributed by atoms with E-state index in [0.29, 0.717) is 0 Å². The largest absolute Gasteiger partial charge is 0.360 e. The number of aromatic amines is 1. The molecule has 60 valence electrons. The first-order valence-electron chi connectivity index (χ1n) is 3.94. The van der Waals surface area contributed by atoms with E-state index in [1.807, 2.05) is 6.92 Å². The molecule has 0 bridgehead atoms. The summed E-state index contributed by atoms with van der Waals surface area (Å²) in [6.45, 7) is 1.88. The highest BCUT2D eigenvalue weighted by molar-refractivity contribution is 5.14. The molecule has 0 aromatic carbocycles. The molecule has 0 radical (unpaired) electrons. The molecule has 1 saturated carbocycles. The van der Waals surface area contributed by atoms with E-state index in [2.05, 4.69) is 9.68 Å². The molecule has 1 aromatic rings. The van der Waals surface area contributed by atoms with Crippen LogP contribution in [0.25, 0.3) is 0 Å². The molecule has 1 fully saturated rings. The van der Waals surface area contributed by atoms with Crippen molar-refractivity contribution in [1.82, 2.24) is 5.16 Å². The lowest BCUT2D eigenvalue weighted by Crippen LogP contribution is -2.03. The van der Waals surface area contributed by atoms with Crippen molar-refractivity contribution in [1.29, 1.82) is 0 Å². The van der Waals surface area contributed by atoms with Crippen molar-refractivity contribution in [3.63, 3.8) is 0 Å². The minimum atomic E-state index is -0.186. The lowest BCUT2D eigenvalue weighted by atomic mass is 10.1. The van der Waals surface area contributed by atoms with Crippen molar-refractivity contribution < 1.29 is 4.52 Å². The van der Waals surface area contributed by atoms with Gasteiger partial charge in [0.2, 0.25) is 0 Å². The molecule has 0 unspecified atom stereocenters. The predicted molar refractivity (Wildman–Crippen MR) is 40.5 cm³/mol. The average Bonchev–Trinajstić information content (AvgIpc) is 2.73. The summed E-state index contributed by atoms with van der Waals surface area (Å²) in [5.74, 6) is 0.743. The molecule has 2 rings (SSSR count). The predicted octanol–water partition coefficient (Wildman–Crippen LogP) is 1.23. The summed E-state index contributed by atoms with van der Waals surface area (Å²) in [5.41, 5.74) is 1.55. The first-order valence-corrected chi connectivity index (χ1v) is 3.94. The molecule has 0 spiro atoms. The zero-order valence-electron chi connectivity index (χ0n) is 6.52. The number of aryl methyl sites for hydroxylation is 1. The Morgan fingerprint density at radius 2 is 2.36 bits per heavy atom. The monoisotopic (exact) mass is 153 g/mol. The lowest BCUT2D eigenvalue weighted by Gasteiger charge is -1.90. The van der Waals surface area contributed by atoms with Gasteiger partial charge >= 0.3 is 5.63 Å². The molecule has 1 aliphatic carbocycles. The molecular formula is C8H11NO2. The molecule has 11 heavy (non-hydrogen) atoms. The van der Waals surface area contributed by atoms with Crippen molar-refractivity contribution in [3.05, 3.63) is 21.7 Å². The van der Waals surface area contributed by atoms with Gasteiger partial charge in [-0.05, 0) is 32.1 Å². The van der Waals surface area contributed by atoms with Gasteiger partial charge in [0, 0.05) is 0 Å². The first-order chi connectivity index (χ1) is 5.27. The Kier molecular flexibility index (Phi) is 1.37. The zero-order chi connectivity index (χ0) is 7.84. The minimum absolute atomic E-state index is 0.186. The van der Waals surface area contributed by atoms with E-state index >= 15 is 0 Å². The molecule has 3 nitrogen and oxygen atoms in total. The van der Waals surface area contributed by atoms with Crippen LogP contribution in [0.5, 0.6) is 0 Å². The van der Waals surface area contributed by atoms with Crippen LogP contribution in [-0.4, -0.2) is 5.16 Å². The van der Waals surface area contributed by atoms with Gasteiger partial charge in [-0.2, -0.15) is 0 Å². The smallest absolute Gasteiger partial charge is 0.339 e. The van der Waals surface area contributed by atoms with E-state index in [-0.39, 0.29) is 5.63 Å². The Morgan fingerprint density at radius 1 is 1.64 bits per heavy atom. The first kappa shape index (κ1) is 6.70. The Hall–Kier alpha value is -0.990. The van der Waals surface area contributed by atoms with Gasteiger partial charge in [-0.1, -0.05) is 0 Å². The summed E-state index contributed by atoms with van der Waals surface area (Å²) >= 11 is 0. The van der Waals surface area contributed by atoms with E-state index < -0.39 is 0 Å². The minimum Gasteiger partial charge on any atom is -0.339 e. The van der Waals surface area contributed by atoms with Crippen LogP contribution in [0.1, 0.15) is 24.1 Å². The fourth-order valence-electron chi connectivity index (χ4n) is 1.25. The van der Waals surface area contributed by atoms with Crippen molar-refractivity contribution in [2.75, 3.05) is 0 Å². The van der Waals surface area contributed by atoms with Gasteiger partial charge < -0.3 is 4.52 Å². The Labute approximate surface area is 64.4 Å². The van der Waals surface area contributed by atoms with Crippen LogP contribution in [0.4, 0.5) is 0 Å². The van der Waals surface area contributed by atoms with E-state index in [0.717, 1.165) is 23.6 Å². The van der Waals surface area contributed by atoms with Gasteiger partial charge in [0.25, 0.3) is 0 Å². The van der Waals surface area contributed by atoms with Crippen molar-refractivity contribution >= 4 is 0 Å². The highest BCUT2D eigenvalue weighted by Gasteiger charge is 2.24. The number of hydrogen-bond acceptors (Lipinski definition) is 2. The maximum absolute atomic E-state index is 11.0. The third-order valence-corrected chi connectivity index (χ3v) is 2.19. The molecule has 0 amide bonds. The molecule has 3 heteroatoms. The highest BCUT2D eigenvalue weighted by Crippen LogP contribution is 2.32. The standard InChI is InChI=1S/C8H11NO2/c1-5-7(4-6-2-3-6)8(10)11-9-5/h6,9H,2-4H2,1H3. The Balaban J connectivity index is 2.26. The second-order valence-electron chi connectivity index (χ2n) is 3.24. The summed E-state index contributed by atoms with van der Waals surface area (Å²) in [6.07, 6.45) is 3.44. The second-order valence-corrected chi connectivity index (χ2v) is 3.24. The van der Waals surface area contributed by atoms with Crippen LogP contribution in [0, 0.1) is 12.8 Å². The van der Waals surface area contributed by atoms with Gasteiger partial charge in [0.1, 0.15) is 0 Å². The summed E-state index contributed by atoms with van der Waals surface area (Å²) in [5, 5.41) is 2.58. The third-order valence-electron chi connectivity index (χ3n) is 2.19. The van der Waals surface area contributed by atoms with Crippen LogP contribution in [0.15, 0.2) is 9.32 Å². The van der Waals surface area contributed by atoms with Crippen LogP contribution in [-0.2, 0) is 6.42 Å². The zero-order valence-corrected chi connectivity index (χ0v) is 6.52. The molecule has 0 saturated heterocycles. The van der Waals surface area contributed by atoms with Crippen molar-refractivity contribution in [2.45, 2.75) is 26.2 Å². The molecular weight excluding hydrogens is 142 g/mol. The fourth-order valence-corrected chi connectivity index (χ4v) is 1.25. The van der Waals surface area contributed by atoms with Gasteiger partial charge in [-0.25, -0.2) is 9.95 Å². The summed E-state index contributed by atoms with van der Waals surface area (Å²) in [7, 11) is 0. The number of aromatic nitrogens is 1. The van der Waals surface area contributed by atoms with Gasteiger partial charge in [0.05, 0.1) is 11.3 Å². The van der Waals surface area contributed by atoms with E-state index in [1.54, 1.807) is 0 Å². The Morgan fingerprint density at radius 3 is 2.82 bits per heavy atom. The second kappa shape index (κ2) is 2.26. The van der Waals surface area contributed by atoms with Crippen LogP contribution in [0.3, 0.4) is 0 Å². The van der Waals surface area contributed by atoms with Crippen molar-refractivity contribution in [2.24, 2.45) is 5.92 Å². The lowest BCUT2D eigenvalue weighted by molar-refractivity contribution is 0.386. The van der Waals surface area contributed by atoms with Crippen LogP contribution >= 0.6 is 0 Å². The van der Waals surface area contributed by atoms with Gasteiger partial charge in [0.15, 0.2) is 0 Å². The van der Waals surface area contributed by atoms with Crippen LogP contribution < -0.4 is 5.63 Å². The third kappa shape index (κ3) is 1.23. The molecule has 1 aromatic heterocycles. The van der Waals surface area contributed by atoms with E-state index in [9.17, 15) is 4.79 Å². The quantitative estimate of drug-likeness (QED) is 0.694. The maximum Gasteiger partial charge on any atom is 0.360 e. The molecule has 0 aliphatic heterocycles. The summed E-state index contributed by atoms with van der Waals surface area (Å²) < 4.78 is 4.64. The van der Waals surface area contributed by atoms with Gasteiger partial charge in [-0.3, -0.25) is 0 Å². The Bertz CT molecular complexity index is 306. The number of nitrogens with one attached hydrogen (secondary N) is 1. The van der Waals surface area contributed by atoms with Crippen LogP contribution in [0.2, 0.25) is 0 Å². The number of rotatable bonds is 2. The maximum atomic E-state index is 11.0. The van der Waals surface area contributed by atoms with E-state index in [1.165, 1.54) is 12.8 Å². The number of hydrogen-bond donors (Lipinski definition) is 1. The SMILES string of the molecule is Cc1[nH]oc(=O)c1CC1CC1. The molecule has 1 heterocycles. The topological polar surface area (TPSA) is 46.0 Å². The molecule has 1 aliphatic rings. The average molecular weight is 153 g/mol.